The Balaban J connectivity index is 1.26. The number of aromatic nitrogens is 2. The first-order valence-electron chi connectivity index (χ1n) is 10.8. The fourth-order valence-electron chi connectivity index (χ4n) is 4.12. The van der Waals surface area contributed by atoms with Gasteiger partial charge in [0.1, 0.15) is 0 Å². The molecule has 0 spiro atoms. The molecular formula is C24H30N4O3. The molecule has 31 heavy (non-hydrogen) atoms. The lowest BCUT2D eigenvalue weighted by molar-refractivity contribution is -0.125. The number of nitrogens with zero attached hydrogens (tertiary/aromatic N) is 2. The zero-order valence-electron chi connectivity index (χ0n) is 18.4. The van der Waals surface area contributed by atoms with Gasteiger partial charge in [-0.25, -0.2) is 4.98 Å². The smallest absolute Gasteiger partial charge is 0.223 e. The molecule has 1 fully saturated rings. The minimum absolute atomic E-state index is 0.0493. The molecule has 0 atom stereocenters. The van der Waals surface area contributed by atoms with Crippen LogP contribution in [0.2, 0.25) is 0 Å². The standard InChI is InChI=1S/C24H30N4O3/c1-16-4-6-19-20(14-16)27-24(26-19)28-12-9-18(10-13-28)23(29)25-11-8-17-5-7-21(30-2)22(15-17)31-3/h4-7,14-15,18H,8-13H2,1-3H3,(H,25,29)(H,26,27). The summed E-state index contributed by atoms with van der Waals surface area (Å²) >= 11 is 0. The van der Waals surface area contributed by atoms with Gasteiger partial charge in [0, 0.05) is 25.6 Å². The predicted molar refractivity (Wildman–Crippen MR) is 122 cm³/mol. The molecular weight excluding hydrogens is 392 g/mol. The second-order valence-electron chi connectivity index (χ2n) is 8.07. The van der Waals surface area contributed by atoms with Crippen LogP contribution in [-0.2, 0) is 11.2 Å². The van der Waals surface area contributed by atoms with Crippen molar-refractivity contribution in [2.75, 3.05) is 38.8 Å². The van der Waals surface area contributed by atoms with Crippen molar-refractivity contribution >= 4 is 22.9 Å². The lowest BCUT2D eigenvalue weighted by atomic mass is 9.96. The third-order valence-corrected chi connectivity index (χ3v) is 5.95. The summed E-state index contributed by atoms with van der Waals surface area (Å²) in [5, 5.41) is 3.10. The largest absolute Gasteiger partial charge is 0.493 e. The molecule has 1 aliphatic heterocycles. The Morgan fingerprint density at radius 3 is 2.65 bits per heavy atom. The molecule has 1 saturated heterocycles. The average molecular weight is 423 g/mol. The summed E-state index contributed by atoms with van der Waals surface area (Å²) in [6, 6.07) is 12.1. The second-order valence-corrected chi connectivity index (χ2v) is 8.07. The van der Waals surface area contributed by atoms with Gasteiger partial charge in [0.15, 0.2) is 11.5 Å². The first kappa shape index (κ1) is 21.0. The van der Waals surface area contributed by atoms with E-state index in [1.165, 1.54) is 5.56 Å². The van der Waals surface area contributed by atoms with Crippen molar-refractivity contribution < 1.29 is 14.3 Å². The number of ether oxygens (including phenoxy) is 2. The number of fused-ring (bicyclic) bond motifs is 1. The summed E-state index contributed by atoms with van der Waals surface area (Å²) in [4.78, 5) is 23.0. The third kappa shape index (κ3) is 4.76. The van der Waals surface area contributed by atoms with Gasteiger partial charge in [0.05, 0.1) is 25.3 Å². The average Bonchev–Trinajstić information content (AvgIpc) is 3.22. The van der Waals surface area contributed by atoms with E-state index in [2.05, 4.69) is 34.3 Å². The maximum atomic E-state index is 12.6. The number of carbonyl (C=O) groups excluding carboxylic acids is 1. The van der Waals surface area contributed by atoms with E-state index in [4.69, 9.17) is 14.5 Å². The molecule has 0 bridgehead atoms. The van der Waals surface area contributed by atoms with Gasteiger partial charge in [-0.3, -0.25) is 4.79 Å². The van der Waals surface area contributed by atoms with Crippen LogP contribution < -0.4 is 19.7 Å². The van der Waals surface area contributed by atoms with Gasteiger partial charge in [0.25, 0.3) is 0 Å². The second kappa shape index (κ2) is 9.29. The predicted octanol–water partition coefficient (Wildman–Crippen LogP) is 3.46. The molecule has 7 nitrogen and oxygen atoms in total. The number of aromatic amines is 1. The Bertz CT molecular complexity index is 1050. The van der Waals surface area contributed by atoms with E-state index in [0.717, 1.165) is 54.9 Å². The highest BCUT2D eigenvalue weighted by atomic mass is 16.5. The lowest BCUT2D eigenvalue weighted by Crippen LogP contribution is -2.41. The van der Waals surface area contributed by atoms with Gasteiger partial charge < -0.3 is 24.7 Å². The lowest BCUT2D eigenvalue weighted by Gasteiger charge is -2.31. The number of rotatable bonds is 7. The number of H-pyrrole nitrogens is 1. The van der Waals surface area contributed by atoms with Crippen LogP contribution in [0.1, 0.15) is 24.0 Å². The number of amides is 1. The SMILES string of the molecule is COc1ccc(CCNC(=O)C2CCN(c3nc4ccc(C)cc4[nH]3)CC2)cc1OC. The van der Waals surface area contributed by atoms with E-state index in [0.29, 0.717) is 18.0 Å². The van der Waals surface area contributed by atoms with Gasteiger partial charge >= 0.3 is 0 Å². The maximum Gasteiger partial charge on any atom is 0.223 e. The molecule has 0 radical (unpaired) electrons. The molecule has 2 aromatic carbocycles. The molecule has 2 heterocycles. The molecule has 1 aromatic heterocycles. The molecule has 164 valence electrons. The molecule has 0 saturated carbocycles. The van der Waals surface area contributed by atoms with Crippen LogP contribution in [0.5, 0.6) is 11.5 Å². The van der Waals surface area contributed by atoms with Crippen LogP contribution >= 0.6 is 0 Å². The molecule has 4 rings (SSSR count). The van der Waals surface area contributed by atoms with E-state index >= 15 is 0 Å². The minimum Gasteiger partial charge on any atom is -0.493 e. The van der Waals surface area contributed by atoms with E-state index in [-0.39, 0.29) is 11.8 Å². The number of benzene rings is 2. The first-order chi connectivity index (χ1) is 15.1. The summed E-state index contributed by atoms with van der Waals surface area (Å²) in [6.45, 7) is 4.34. The van der Waals surface area contributed by atoms with Crippen molar-refractivity contribution in [2.24, 2.45) is 5.92 Å². The Kier molecular flexibility index (Phi) is 6.30. The van der Waals surface area contributed by atoms with Crippen LogP contribution in [0.3, 0.4) is 0 Å². The van der Waals surface area contributed by atoms with E-state index < -0.39 is 0 Å². The molecule has 7 heteroatoms. The van der Waals surface area contributed by atoms with Crippen LogP contribution in [0.25, 0.3) is 11.0 Å². The zero-order valence-corrected chi connectivity index (χ0v) is 18.4. The number of piperidine rings is 1. The number of anilines is 1. The van der Waals surface area contributed by atoms with Crippen molar-refractivity contribution in [3.63, 3.8) is 0 Å². The van der Waals surface area contributed by atoms with E-state index in [9.17, 15) is 4.79 Å². The van der Waals surface area contributed by atoms with Gasteiger partial charge in [-0.2, -0.15) is 0 Å². The molecule has 1 aliphatic rings. The Morgan fingerprint density at radius 2 is 1.90 bits per heavy atom. The number of hydrogen-bond donors (Lipinski definition) is 2. The fourth-order valence-corrected chi connectivity index (χ4v) is 4.12. The van der Waals surface area contributed by atoms with Gasteiger partial charge in [-0.1, -0.05) is 12.1 Å². The molecule has 0 unspecified atom stereocenters. The molecule has 0 aliphatic carbocycles. The summed E-state index contributed by atoms with van der Waals surface area (Å²) < 4.78 is 10.6. The summed E-state index contributed by atoms with van der Waals surface area (Å²) in [6.07, 6.45) is 2.42. The van der Waals surface area contributed by atoms with Gasteiger partial charge in [-0.05, 0) is 61.6 Å². The highest BCUT2D eigenvalue weighted by Gasteiger charge is 2.26. The van der Waals surface area contributed by atoms with Crippen molar-refractivity contribution in [1.82, 2.24) is 15.3 Å². The number of aryl methyl sites for hydroxylation is 1. The van der Waals surface area contributed by atoms with E-state index in [1.807, 2.05) is 24.3 Å². The number of hydrogen-bond acceptors (Lipinski definition) is 5. The van der Waals surface area contributed by atoms with E-state index in [1.54, 1.807) is 14.2 Å². The number of nitrogens with one attached hydrogen (secondary N) is 2. The number of carbonyl (C=O) groups is 1. The highest BCUT2D eigenvalue weighted by molar-refractivity contribution is 5.80. The summed E-state index contributed by atoms with van der Waals surface area (Å²) in [5.74, 6) is 2.50. The van der Waals surface area contributed by atoms with Gasteiger partial charge in [-0.15, -0.1) is 0 Å². The quantitative estimate of drug-likeness (QED) is 0.610. The third-order valence-electron chi connectivity index (χ3n) is 5.95. The van der Waals surface area contributed by atoms with Crippen molar-refractivity contribution in [1.29, 1.82) is 0 Å². The van der Waals surface area contributed by atoms with Crippen LogP contribution in [0, 0.1) is 12.8 Å². The Hall–Kier alpha value is -3.22. The minimum atomic E-state index is 0.0493. The first-order valence-corrected chi connectivity index (χ1v) is 10.8. The Morgan fingerprint density at radius 1 is 1.13 bits per heavy atom. The zero-order chi connectivity index (χ0) is 21.8. The van der Waals surface area contributed by atoms with Crippen molar-refractivity contribution in [3.05, 3.63) is 47.5 Å². The number of imidazole rings is 1. The summed E-state index contributed by atoms with van der Waals surface area (Å²) in [7, 11) is 3.25. The Labute approximate surface area is 182 Å². The van der Waals surface area contributed by atoms with Crippen LogP contribution in [0.4, 0.5) is 5.95 Å². The van der Waals surface area contributed by atoms with Crippen molar-refractivity contribution in [2.45, 2.75) is 26.2 Å². The highest BCUT2D eigenvalue weighted by Crippen LogP contribution is 2.28. The molecule has 2 N–H and O–H groups in total. The summed E-state index contributed by atoms with van der Waals surface area (Å²) in [5.41, 5.74) is 4.36. The molecule has 3 aromatic rings. The normalized spacial score (nSPS) is 14.6. The van der Waals surface area contributed by atoms with Crippen LogP contribution in [0.15, 0.2) is 36.4 Å². The van der Waals surface area contributed by atoms with Gasteiger partial charge in [0.2, 0.25) is 11.9 Å². The number of methoxy groups -OCH3 is 2. The van der Waals surface area contributed by atoms with Crippen LogP contribution in [-0.4, -0.2) is 49.7 Å². The maximum absolute atomic E-state index is 12.6. The molecule has 1 amide bonds. The fraction of sp³-hybridized carbons (Fsp3) is 0.417. The monoisotopic (exact) mass is 422 g/mol. The topological polar surface area (TPSA) is 79.5 Å². The van der Waals surface area contributed by atoms with Crippen molar-refractivity contribution in [3.8, 4) is 11.5 Å².